The Bertz CT molecular complexity index is 370. The Morgan fingerprint density at radius 2 is 1.88 bits per heavy atom. The van der Waals surface area contributed by atoms with E-state index in [2.05, 4.69) is 5.32 Å². The van der Waals surface area contributed by atoms with Crippen molar-refractivity contribution in [3.8, 4) is 0 Å². The molecule has 1 fully saturated rings. The van der Waals surface area contributed by atoms with Crippen molar-refractivity contribution in [1.82, 2.24) is 5.32 Å². The summed E-state index contributed by atoms with van der Waals surface area (Å²) in [5.41, 5.74) is 6.91. The van der Waals surface area contributed by atoms with E-state index in [9.17, 15) is 4.79 Å². The third kappa shape index (κ3) is 2.54. The molecular formula is C13H18N2O. The Morgan fingerprint density at radius 1 is 1.19 bits per heavy atom. The largest absolute Gasteiger partial charge is 0.398 e. The molecule has 3 heteroatoms. The Balaban J connectivity index is 2.00. The van der Waals surface area contributed by atoms with Gasteiger partial charge in [0.05, 0.1) is 5.56 Å². The van der Waals surface area contributed by atoms with Crippen LogP contribution < -0.4 is 11.1 Å². The first-order chi connectivity index (χ1) is 7.77. The molecule has 1 aromatic carbocycles. The van der Waals surface area contributed by atoms with Crippen molar-refractivity contribution < 1.29 is 4.79 Å². The maximum atomic E-state index is 11.9. The third-order valence-electron chi connectivity index (χ3n) is 3.15. The summed E-state index contributed by atoms with van der Waals surface area (Å²) in [5, 5.41) is 3.06. The van der Waals surface area contributed by atoms with Crippen LogP contribution in [0.15, 0.2) is 24.3 Å². The molecule has 3 N–H and O–H groups in total. The predicted molar refractivity (Wildman–Crippen MR) is 65.2 cm³/mol. The summed E-state index contributed by atoms with van der Waals surface area (Å²) in [5.74, 6) is -0.0370. The molecule has 0 unspecified atom stereocenters. The van der Waals surface area contributed by atoms with Crippen molar-refractivity contribution in [1.29, 1.82) is 0 Å². The fourth-order valence-corrected chi connectivity index (χ4v) is 2.21. The highest BCUT2D eigenvalue weighted by atomic mass is 16.1. The topological polar surface area (TPSA) is 55.1 Å². The van der Waals surface area contributed by atoms with Crippen LogP contribution in [-0.2, 0) is 0 Å². The normalized spacial score (nSPS) is 17.0. The summed E-state index contributed by atoms with van der Waals surface area (Å²) >= 11 is 0. The zero-order chi connectivity index (χ0) is 11.4. The van der Waals surface area contributed by atoms with E-state index in [4.69, 9.17) is 5.73 Å². The highest BCUT2D eigenvalue weighted by molar-refractivity contribution is 5.99. The zero-order valence-corrected chi connectivity index (χ0v) is 9.41. The molecule has 1 amide bonds. The van der Waals surface area contributed by atoms with Gasteiger partial charge in [0.1, 0.15) is 0 Å². The van der Waals surface area contributed by atoms with Gasteiger partial charge in [-0.25, -0.2) is 0 Å². The van der Waals surface area contributed by atoms with Crippen LogP contribution in [0.5, 0.6) is 0 Å². The molecular weight excluding hydrogens is 200 g/mol. The molecule has 0 saturated heterocycles. The summed E-state index contributed by atoms with van der Waals surface area (Å²) in [6.45, 7) is 0. The van der Waals surface area contributed by atoms with E-state index in [-0.39, 0.29) is 5.91 Å². The molecule has 16 heavy (non-hydrogen) atoms. The van der Waals surface area contributed by atoms with Gasteiger partial charge in [-0.1, -0.05) is 31.4 Å². The first kappa shape index (κ1) is 11.0. The van der Waals surface area contributed by atoms with Crippen molar-refractivity contribution in [2.75, 3.05) is 5.73 Å². The van der Waals surface area contributed by atoms with Gasteiger partial charge in [0.2, 0.25) is 0 Å². The van der Waals surface area contributed by atoms with Gasteiger partial charge in [-0.05, 0) is 25.0 Å². The Labute approximate surface area is 96.0 Å². The van der Waals surface area contributed by atoms with Gasteiger partial charge in [-0.3, -0.25) is 4.79 Å². The second-order valence-electron chi connectivity index (χ2n) is 4.40. The number of nitrogen functional groups attached to an aromatic ring is 1. The van der Waals surface area contributed by atoms with Crippen LogP contribution in [-0.4, -0.2) is 11.9 Å². The Kier molecular flexibility index (Phi) is 3.44. The highest BCUT2D eigenvalue weighted by Gasteiger charge is 2.17. The van der Waals surface area contributed by atoms with Crippen LogP contribution in [0.2, 0.25) is 0 Å². The number of para-hydroxylation sites is 1. The van der Waals surface area contributed by atoms with Crippen LogP contribution >= 0.6 is 0 Å². The van der Waals surface area contributed by atoms with Crippen LogP contribution in [0.4, 0.5) is 5.69 Å². The second kappa shape index (κ2) is 5.01. The minimum Gasteiger partial charge on any atom is -0.398 e. The number of hydrogen-bond donors (Lipinski definition) is 2. The van der Waals surface area contributed by atoms with E-state index in [1.807, 2.05) is 12.1 Å². The lowest BCUT2D eigenvalue weighted by molar-refractivity contribution is 0.0928. The SMILES string of the molecule is Nc1ccccc1C(=O)NC1CCCCC1. The molecule has 1 saturated carbocycles. The molecule has 0 bridgehead atoms. The molecule has 0 aliphatic heterocycles. The number of carbonyl (C=O) groups excluding carboxylic acids is 1. The number of amides is 1. The molecule has 1 aromatic rings. The van der Waals surface area contributed by atoms with Crippen molar-refractivity contribution in [3.05, 3.63) is 29.8 Å². The molecule has 0 atom stereocenters. The van der Waals surface area contributed by atoms with Crippen LogP contribution in [0.1, 0.15) is 42.5 Å². The Hall–Kier alpha value is -1.51. The standard InChI is InChI=1S/C13H18N2O/c14-12-9-5-4-8-11(12)13(16)15-10-6-2-1-3-7-10/h4-5,8-10H,1-3,6-7,14H2,(H,15,16). The van der Waals surface area contributed by atoms with E-state index >= 15 is 0 Å². The summed E-state index contributed by atoms with van der Waals surface area (Å²) in [4.78, 5) is 11.9. The molecule has 0 radical (unpaired) electrons. The third-order valence-corrected chi connectivity index (χ3v) is 3.15. The quantitative estimate of drug-likeness (QED) is 0.748. The van der Waals surface area contributed by atoms with Crippen molar-refractivity contribution in [2.45, 2.75) is 38.1 Å². The fraction of sp³-hybridized carbons (Fsp3) is 0.462. The summed E-state index contributed by atoms with van der Waals surface area (Å²) in [7, 11) is 0. The zero-order valence-electron chi connectivity index (χ0n) is 9.41. The van der Waals surface area contributed by atoms with Gasteiger partial charge in [0.15, 0.2) is 0 Å². The number of benzene rings is 1. The van der Waals surface area contributed by atoms with Crippen LogP contribution in [0, 0.1) is 0 Å². The smallest absolute Gasteiger partial charge is 0.253 e. The van der Waals surface area contributed by atoms with Gasteiger partial charge in [0, 0.05) is 11.7 Å². The maximum Gasteiger partial charge on any atom is 0.253 e. The van der Waals surface area contributed by atoms with E-state index in [1.54, 1.807) is 12.1 Å². The number of nitrogens with two attached hydrogens (primary N) is 1. The van der Waals surface area contributed by atoms with Gasteiger partial charge < -0.3 is 11.1 Å². The second-order valence-corrected chi connectivity index (χ2v) is 4.40. The lowest BCUT2D eigenvalue weighted by Gasteiger charge is -2.23. The van der Waals surface area contributed by atoms with Crippen LogP contribution in [0.3, 0.4) is 0 Å². The molecule has 3 nitrogen and oxygen atoms in total. The maximum absolute atomic E-state index is 11.9. The average molecular weight is 218 g/mol. The van der Waals surface area contributed by atoms with E-state index in [0.29, 0.717) is 17.3 Å². The van der Waals surface area contributed by atoms with Crippen molar-refractivity contribution in [2.24, 2.45) is 0 Å². The summed E-state index contributed by atoms with van der Waals surface area (Å²) in [6.07, 6.45) is 5.92. The number of anilines is 1. The predicted octanol–water partition coefficient (Wildman–Crippen LogP) is 2.33. The van der Waals surface area contributed by atoms with E-state index in [1.165, 1.54) is 19.3 Å². The monoisotopic (exact) mass is 218 g/mol. The highest BCUT2D eigenvalue weighted by Crippen LogP contribution is 2.18. The number of nitrogens with one attached hydrogen (secondary N) is 1. The van der Waals surface area contributed by atoms with Gasteiger partial charge in [-0.15, -0.1) is 0 Å². The molecule has 0 aromatic heterocycles. The lowest BCUT2D eigenvalue weighted by Crippen LogP contribution is -2.36. The first-order valence-corrected chi connectivity index (χ1v) is 5.93. The molecule has 1 aliphatic carbocycles. The minimum atomic E-state index is -0.0370. The van der Waals surface area contributed by atoms with Crippen molar-refractivity contribution >= 4 is 11.6 Å². The van der Waals surface area contributed by atoms with Gasteiger partial charge >= 0.3 is 0 Å². The summed E-state index contributed by atoms with van der Waals surface area (Å²) in [6, 6.07) is 7.54. The van der Waals surface area contributed by atoms with E-state index < -0.39 is 0 Å². The summed E-state index contributed by atoms with van der Waals surface area (Å²) < 4.78 is 0. The molecule has 0 spiro atoms. The average Bonchev–Trinajstić information content (AvgIpc) is 2.31. The first-order valence-electron chi connectivity index (χ1n) is 5.93. The molecule has 1 aliphatic rings. The van der Waals surface area contributed by atoms with E-state index in [0.717, 1.165) is 12.8 Å². The molecule has 86 valence electrons. The minimum absolute atomic E-state index is 0.0370. The number of rotatable bonds is 2. The number of carbonyl (C=O) groups is 1. The lowest BCUT2D eigenvalue weighted by atomic mass is 9.95. The number of hydrogen-bond acceptors (Lipinski definition) is 2. The van der Waals surface area contributed by atoms with Crippen molar-refractivity contribution in [3.63, 3.8) is 0 Å². The fourth-order valence-electron chi connectivity index (χ4n) is 2.21. The van der Waals surface area contributed by atoms with Crippen LogP contribution in [0.25, 0.3) is 0 Å². The molecule has 0 heterocycles. The Morgan fingerprint density at radius 3 is 2.56 bits per heavy atom. The van der Waals surface area contributed by atoms with Gasteiger partial charge in [-0.2, -0.15) is 0 Å². The van der Waals surface area contributed by atoms with Gasteiger partial charge in [0.25, 0.3) is 5.91 Å². The molecule has 2 rings (SSSR count).